The molecule has 1 aliphatic heterocycles. The quantitative estimate of drug-likeness (QED) is 0.919. The Labute approximate surface area is 142 Å². The molecule has 5 nitrogen and oxygen atoms in total. The summed E-state index contributed by atoms with van der Waals surface area (Å²) < 4.78 is 1.96. The molecule has 24 heavy (non-hydrogen) atoms. The Balaban J connectivity index is 1.62. The smallest absolute Gasteiger partial charge is 0.257 e. The summed E-state index contributed by atoms with van der Waals surface area (Å²) in [4.78, 5) is 15.0. The first-order valence-corrected chi connectivity index (χ1v) is 8.85. The minimum atomic E-state index is 0.151. The van der Waals surface area contributed by atoms with Crippen LogP contribution in [0.4, 0.5) is 0 Å². The molecule has 1 saturated carbocycles. The van der Waals surface area contributed by atoms with Crippen LogP contribution in [0.25, 0.3) is 5.69 Å². The number of carbonyl (C=O) groups is 1. The van der Waals surface area contributed by atoms with Crippen molar-refractivity contribution in [2.24, 2.45) is 5.92 Å². The molecule has 126 valence electrons. The molecule has 2 aromatic rings. The fourth-order valence-corrected chi connectivity index (χ4v) is 3.69. The van der Waals surface area contributed by atoms with Crippen LogP contribution in [0.5, 0.6) is 0 Å². The number of nitrogens with one attached hydrogen (secondary N) is 1. The molecule has 1 unspecified atom stereocenters. The van der Waals surface area contributed by atoms with Gasteiger partial charge in [-0.15, -0.1) is 0 Å². The minimum Gasteiger partial charge on any atom is -0.338 e. The van der Waals surface area contributed by atoms with Crippen molar-refractivity contribution in [3.05, 3.63) is 47.8 Å². The van der Waals surface area contributed by atoms with Crippen LogP contribution in [-0.2, 0) is 0 Å². The molecule has 1 aromatic heterocycles. The zero-order valence-electron chi connectivity index (χ0n) is 14.1. The largest absolute Gasteiger partial charge is 0.338 e. The first-order chi connectivity index (χ1) is 11.8. The summed E-state index contributed by atoms with van der Waals surface area (Å²) in [6.45, 7) is 2.68. The van der Waals surface area contributed by atoms with Crippen LogP contribution < -0.4 is 5.32 Å². The van der Waals surface area contributed by atoms with Gasteiger partial charge in [0.15, 0.2) is 0 Å². The fraction of sp³-hybridized carbons (Fsp3) is 0.474. The summed E-state index contributed by atoms with van der Waals surface area (Å²) in [5.41, 5.74) is 2.93. The monoisotopic (exact) mass is 324 g/mol. The molecule has 1 amide bonds. The van der Waals surface area contributed by atoms with Crippen molar-refractivity contribution >= 4 is 5.91 Å². The minimum absolute atomic E-state index is 0.151. The Kier molecular flexibility index (Phi) is 4.10. The lowest BCUT2D eigenvalue weighted by Gasteiger charge is -2.17. The van der Waals surface area contributed by atoms with Crippen LogP contribution in [-0.4, -0.2) is 47.3 Å². The average Bonchev–Trinajstić information content (AvgIpc) is 3.18. The average molecular weight is 324 g/mol. The molecule has 1 aromatic carbocycles. The molecule has 1 saturated heterocycles. The Hall–Kier alpha value is -2.14. The molecule has 1 N–H and O–H groups in total. The number of carbonyl (C=O) groups excluding carboxylic acids is 1. The van der Waals surface area contributed by atoms with Crippen molar-refractivity contribution in [1.29, 1.82) is 0 Å². The molecule has 2 aliphatic rings. The van der Waals surface area contributed by atoms with Crippen molar-refractivity contribution in [3.8, 4) is 5.69 Å². The standard InChI is InChI=1S/C19H24N4O/c1-20-11-14-9-10-22(13-14)19(24)17-12-21-23(18(17)15-7-8-15)16-5-3-2-4-6-16/h2-6,12,14-15,20H,7-11,13H2,1H3. The van der Waals surface area contributed by atoms with Gasteiger partial charge in [-0.3, -0.25) is 4.79 Å². The molecular formula is C19H24N4O. The van der Waals surface area contributed by atoms with E-state index in [2.05, 4.69) is 10.4 Å². The lowest BCUT2D eigenvalue weighted by Crippen LogP contribution is -2.30. The third-order valence-electron chi connectivity index (χ3n) is 5.07. The van der Waals surface area contributed by atoms with Crippen molar-refractivity contribution in [2.45, 2.75) is 25.2 Å². The topological polar surface area (TPSA) is 50.2 Å². The number of amides is 1. The highest BCUT2D eigenvalue weighted by Gasteiger charge is 2.35. The van der Waals surface area contributed by atoms with E-state index in [-0.39, 0.29) is 5.91 Å². The fourth-order valence-electron chi connectivity index (χ4n) is 3.69. The van der Waals surface area contributed by atoms with Crippen molar-refractivity contribution < 1.29 is 4.79 Å². The van der Waals surface area contributed by atoms with Crippen LogP contribution in [0.15, 0.2) is 36.5 Å². The van der Waals surface area contributed by atoms with Gasteiger partial charge in [0.05, 0.1) is 23.1 Å². The summed E-state index contributed by atoms with van der Waals surface area (Å²) in [5, 5.41) is 7.77. The van der Waals surface area contributed by atoms with Gasteiger partial charge in [-0.2, -0.15) is 5.10 Å². The van der Waals surface area contributed by atoms with E-state index in [1.807, 2.05) is 47.0 Å². The van der Waals surface area contributed by atoms with Crippen LogP contribution >= 0.6 is 0 Å². The predicted molar refractivity (Wildman–Crippen MR) is 93.5 cm³/mol. The van der Waals surface area contributed by atoms with Gasteiger partial charge >= 0.3 is 0 Å². The predicted octanol–water partition coefficient (Wildman–Crippen LogP) is 2.43. The van der Waals surface area contributed by atoms with Crippen LogP contribution in [0.2, 0.25) is 0 Å². The van der Waals surface area contributed by atoms with Gasteiger partial charge in [0.25, 0.3) is 5.91 Å². The highest BCUT2D eigenvalue weighted by molar-refractivity contribution is 5.95. The molecule has 2 fully saturated rings. The van der Waals surface area contributed by atoms with Crippen LogP contribution in [0.3, 0.4) is 0 Å². The highest BCUT2D eigenvalue weighted by atomic mass is 16.2. The maximum Gasteiger partial charge on any atom is 0.257 e. The lowest BCUT2D eigenvalue weighted by atomic mass is 10.1. The first-order valence-electron chi connectivity index (χ1n) is 8.85. The lowest BCUT2D eigenvalue weighted by molar-refractivity contribution is 0.0786. The zero-order valence-corrected chi connectivity index (χ0v) is 14.1. The van der Waals surface area contributed by atoms with Gasteiger partial charge in [-0.25, -0.2) is 4.68 Å². The Morgan fingerprint density at radius 3 is 2.75 bits per heavy atom. The van der Waals surface area contributed by atoms with E-state index >= 15 is 0 Å². The third-order valence-corrected chi connectivity index (χ3v) is 5.07. The number of hydrogen-bond acceptors (Lipinski definition) is 3. The number of hydrogen-bond donors (Lipinski definition) is 1. The van der Waals surface area contributed by atoms with E-state index in [1.54, 1.807) is 6.20 Å². The second-order valence-electron chi connectivity index (χ2n) is 6.93. The number of likely N-dealkylation sites (tertiary alicyclic amines) is 1. The summed E-state index contributed by atoms with van der Waals surface area (Å²) in [5.74, 6) is 1.19. The third kappa shape index (κ3) is 2.84. The summed E-state index contributed by atoms with van der Waals surface area (Å²) >= 11 is 0. The number of benzene rings is 1. The van der Waals surface area contributed by atoms with Gasteiger partial charge in [-0.05, 0) is 50.9 Å². The number of rotatable bonds is 5. The Morgan fingerprint density at radius 1 is 1.25 bits per heavy atom. The Bertz CT molecular complexity index is 720. The van der Waals surface area contributed by atoms with E-state index in [4.69, 9.17) is 0 Å². The van der Waals surface area contributed by atoms with Gasteiger partial charge in [0.1, 0.15) is 0 Å². The van der Waals surface area contributed by atoms with Gasteiger partial charge in [0, 0.05) is 19.0 Å². The molecule has 0 bridgehead atoms. The summed E-state index contributed by atoms with van der Waals surface area (Å²) in [6, 6.07) is 10.1. The Morgan fingerprint density at radius 2 is 2.04 bits per heavy atom. The molecular weight excluding hydrogens is 300 g/mol. The SMILES string of the molecule is CNCC1CCN(C(=O)c2cnn(-c3ccccc3)c2C2CC2)C1. The van der Waals surface area contributed by atoms with E-state index in [0.717, 1.165) is 55.8 Å². The van der Waals surface area contributed by atoms with E-state index < -0.39 is 0 Å². The zero-order chi connectivity index (χ0) is 16.5. The highest BCUT2D eigenvalue weighted by Crippen LogP contribution is 2.42. The molecule has 4 rings (SSSR count). The molecule has 0 spiro atoms. The van der Waals surface area contributed by atoms with E-state index in [1.165, 1.54) is 0 Å². The summed E-state index contributed by atoms with van der Waals surface area (Å²) in [7, 11) is 1.97. The molecule has 1 aliphatic carbocycles. The van der Waals surface area contributed by atoms with Crippen molar-refractivity contribution in [3.63, 3.8) is 0 Å². The van der Waals surface area contributed by atoms with E-state index in [0.29, 0.717) is 11.8 Å². The van der Waals surface area contributed by atoms with Crippen LogP contribution in [0.1, 0.15) is 41.2 Å². The number of para-hydroxylation sites is 1. The molecule has 0 radical (unpaired) electrons. The van der Waals surface area contributed by atoms with Crippen molar-refractivity contribution in [2.75, 3.05) is 26.7 Å². The second kappa shape index (κ2) is 6.40. The number of nitrogens with zero attached hydrogens (tertiary/aromatic N) is 3. The van der Waals surface area contributed by atoms with Gasteiger partial charge < -0.3 is 10.2 Å². The number of aromatic nitrogens is 2. The van der Waals surface area contributed by atoms with Gasteiger partial charge in [-0.1, -0.05) is 18.2 Å². The maximum atomic E-state index is 13.0. The molecule has 5 heteroatoms. The normalized spacial score (nSPS) is 20.5. The van der Waals surface area contributed by atoms with E-state index in [9.17, 15) is 4.79 Å². The van der Waals surface area contributed by atoms with Crippen molar-refractivity contribution in [1.82, 2.24) is 20.0 Å². The molecule has 1 atom stereocenters. The second-order valence-corrected chi connectivity index (χ2v) is 6.93. The first kappa shape index (κ1) is 15.4. The maximum absolute atomic E-state index is 13.0. The van der Waals surface area contributed by atoms with Gasteiger partial charge in [0.2, 0.25) is 0 Å². The molecule has 2 heterocycles. The summed E-state index contributed by atoms with van der Waals surface area (Å²) in [6.07, 6.45) is 5.16. The van der Waals surface area contributed by atoms with Crippen LogP contribution in [0, 0.1) is 5.92 Å².